The Morgan fingerprint density at radius 2 is 2.16 bits per heavy atom. The standard InChI is InChI=1S/C19H26N4O2/c1-15-18(14-21-23(15)16-8-3-2-4-9-16)22-19(24)20-12-7-11-17-10-5-6-13-25-17/h2-4,8-9,14,17H,5-7,10-13H2,1H3,(H2,20,22,24)/t17-/m0/s1. The molecule has 1 aliphatic rings. The van der Waals surface area contributed by atoms with E-state index in [9.17, 15) is 4.79 Å². The number of rotatable bonds is 6. The lowest BCUT2D eigenvalue weighted by atomic mass is 10.0. The molecule has 0 saturated carbocycles. The first kappa shape index (κ1) is 17.5. The second-order valence-electron chi connectivity index (χ2n) is 6.40. The molecular weight excluding hydrogens is 316 g/mol. The summed E-state index contributed by atoms with van der Waals surface area (Å²) < 4.78 is 7.52. The monoisotopic (exact) mass is 342 g/mol. The van der Waals surface area contributed by atoms with E-state index in [1.165, 1.54) is 12.8 Å². The second-order valence-corrected chi connectivity index (χ2v) is 6.40. The van der Waals surface area contributed by atoms with Crippen molar-refractivity contribution in [1.29, 1.82) is 0 Å². The first-order valence-corrected chi connectivity index (χ1v) is 9.00. The number of ether oxygens (including phenoxy) is 1. The van der Waals surface area contributed by atoms with Crippen LogP contribution in [0.15, 0.2) is 36.5 Å². The van der Waals surface area contributed by atoms with Gasteiger partial charge in [0, 0.05) is 13.2 Å². The summed E-state index contributed by atoms with van der Waals surface area (Å²) in [7, 11) is 0. The quantitative estimate of drug-likeness (QED) is 0.787. The maximum atomic E-state index is 12.1. The maximum absolute atomic E-state index is 12.1. The van der Waals surface area contributed by atoms with Crippen LogP contribution in [0.4, 0.5) is 10.5 Å². The van der Waals surface area contributed by atoms with Gasteiger partial charge in [0.15, 0.2) is 0 Å². The van der Waals surface area contributed by atoms with Crippen LogP contribution in [0.1, 0.15) is 37.8 Å². The third-order valence-corrected chi connectivity index (χ3v) is 4.52. The highest BCUT2D eigenvalue weighted by atomic mass is 16.5. The summed E-state index contributed by atoms with van der Waals surface area (Å²) in [5.41, 5.74) is 2.59. The van der Waals surface area contributed by atoms with Crippen LogP contribution < -0.4 is 10.6 Å². The number of amides is 2. The summed E-state index contributed by atoms with van der Waals surface area (Å²) in [5, 5.41) is 10.1. The zero-order valence-corrected chi connectivity index (χ0v) is 14.7. The van der Waals surface area contributed by atoms with Crippen LogP contribution in [0.25, 0.3) is 5.69 Å². The highest BCUT2D eigenvalue weighted by Gasteiger charge is 2.14. The average molecular weight is 342 g/mol. The van der Waals surface area contributed by atoms with E-state index in [1.807, 2.05) is 41.9 Å². The van der Waals surface area contributed by atoms with Crippen LogP contribution in [0.5, 0.6) is 0 Å². The van der Waals surface area contributed by atoms with Crippen LogP contribution in [0.2, 0.25) is 0 Å². The zero-order valence-electron chi connectivity index (χ0n) is 14.7. The second kappa shape index (κ2) is 8.67. The molecule has 3 rings (SSSR count). The number of urea groups is 1. The van der Waals surface area contributed by atoms with Gasteiger partial charge in [-0.2, -0.15) is 5.10 Å². The lowest BCUT2D eigenvalue weighted by Crippen LogP contribution is -2.30. The van der Waals surface area contributed by atoms with Crippen molar-refractivity contribution >= 4 is 11.7 Å². The highest BCUT2D eigenvalue weighted by Crippen LogP contribution is 2.18. The van der Waals surface area contributed by atoms with E-state index in [2.05, 4.69) is 15.7 Å². The van der Waals surface area contributed by atoms with E-state index >= 15 is 0 Å². The minimum atomic E-state index is -0.194. The molecule has 6 heteroatoms. The van der Waals surface area contributed by atoms with Crippen LogP contribution >= 0.6 is 0 Å². The molecule has 2 heterocycles. The molecule has 0 unspecified atom stereocenters. The number of anilines is 1. The summed E-state index contributed by atoms with van der Waals surface area (Å²) in [6.45, 7) is 3.47. The molecule has 1 aromatic carbocycles. The van der Waals surface area contributed by atoms with Gasteiger partial charge >= 0.3 is 6.03 Å². The Morgan fingerprint density at radius 1 is 1.32 bits per heavy atom. The SMILES string of the molecule is Cc1c(NC(=O)NCCC[C@@H]2CCCCO2)cnn1-c1ccccc1. The van der Waals surface area contributed by atoms with E-state index in [4.69, 9.17) is 4.74 Å². The van der Waals surface area contributed by atoms with Crippen LogP contribution in [-0.2, 0) is 4.74 Å². The fourth-order valence-corrected chi connectivity index (χ4v) is 3.10. The number of hydrogen-bond acceptors (Lipinski definition) is 3. The molecule has 134 valence electrons. The van der Waals surface area contributed by atoms with Crippen molar-refractivity contribution in [1.82, 2.24) is 15.1 Å². The number of benzene rings is 1. The number of nitrogens with zero attached hydrogens (tertiary/aromatic N) is 2. The van der Waals surface area contributed by atoms with Gasteiger partial charge < -0.3 is 15.4 Å². The van der Waals surface area contributed by atoms with E-state index < -0.39 is 0 Å². The minimum Gasteiger partial charge on any atom is -0.378 e. The van der Waals surface area contributed by atoms with Crippen molar-refractivity contribution in [2.45, 2.75) is 45.1 Å². The number of carbonyl (C=O) groups excluding carboxylic acids is 1. The number of hydrogen-bond donors (Lipinski definition) is 2. The topological polar surface area (TPSA) is 68.2 Å². The Kier molecular flexibility index (Phi) is 6.06. The van der Waals surface area contributed by atoms with Crippen molar-refractivity contribution in [2.75, 3.05) is 18.5 Å². The molecule has 0 aliphatic carbocycles. The van der Waals surface area contributed by atoms with Crippen molar-refractivity contribution < 1.29 is 9.53 Å². The Bertz CT molecular complexity index is 678. The lowest BCUT2D eigenvalue weighted by Gasteiger charge is -2.22. The molecule has 2 amide bonds. The average Bonchev–Trinajstić information content (AvgIpc) is 3.01. The summed E-state index contributed by atoms with van der Waals surface area (Å²) >= 11 is 0. The van der Waals surface area contributed by atoms with E-state index in [0.29, 0.717) is 12.6 Å². The molecule has 1 saturated heterocycles. The van der Waals surface area contributed by atoms with Crippen LogP contribution in [0, 0.1) is 6.92 Å². The zero-order chi connectivity index (χ0) is 17.5. The molecule has 1 atom stereocenters. The van der Waals surface area contributed by atoms with Gasteiger partial charge in [-0.3, -0.25) is 0 Å². The van der Waals surface area contributed by atoms with Crippen molar-refractivity contribution in [3.63, 3.8) is 0 Å². The van der Waals surface area contributed by atoms with Crippen LogP contribution in [-0.4, -0.2) is 35.1 Å². The molecule has 0 radical (unpaired) electrons. The van der Waals surface area contributed by atoms with Gasteiger partial charge in [0.05, 0.1) is 29.4 Å². The highest BCUT2D eigenvalue weighted by molar-refractivity contribution is 5.89. The van der Waals surface area contributed by atoms with Gasteiger partial charge in [0.2, 0.25) is 0 Å². The first-order valence-electron chi connectivity index (χ1n) is 9.00. The smallest absolute Gasteiger partial charge is 0.319 e. The molecule has 0 spiro atoms. The number of para-hydroxylation sites is 1. The van der Waals surface area contributed by atoms with E-state index in [-0.39, 0.29) is 6.03 Å². The van der Waals surface area contributed by atoms with Gasteiger partial charge in [-0.15, -0.1) is 0 Å². The van der Waals surface area contributed by atoms with Gasteiger partial charge in [-0.1, -0.05) is 18.2 Å². The van der Waals surface area contributed by atoms with Gasteiger partial charge in [-0.25, -0.2) is 9.48 Å². The van der Waals surface area contributed by atoms with Gasteiger partial charge in [0.1, 0.15) is 0 Å². The summed E-state index contributed by atoms with van der Waals surface area (Å²) in [6, 6.07) is 9.67. The van der Waals surface area contributed by atoms with E-state index in [0.717, 1.165) is 42.9 Å². The largest absolute Gasteiger partial charge is 0.378 e. The molecule has 1 aliphatic heterocycles. The van der Waals surface area contributed by atoms with Crippen molar-refractivity contribution in [3.8, 4) is 5.69 Å². The van der Waals surface area contributed by atoms with Crippen molar-refractivity contribution in [2.24, 2.45) is 0 Å². The summed E-state index contributed by atoms with van der Waals surface area (Å²) in [6.07, 6.45) is 7.55. The third-order valence-electron chi connectivity index (χ3n) is 4.52. The van der Waals surface area contributed by atoms with E-state index in [1.54, 1.807) is 6.20 Å². The normalized spacial score (nSPS) is 17.2. The Balaban J connectivity index is 1.44. The Morgan fingerprint density at radius 3 is 2.92 bits per heavy atom. The lowest BCUT2D eigenvalue weighted by molar-refractivity contribution is 0.0103. The molecule has 2 aromatic rings. The summed E-state index contributed by atoms with van der Waals surface area (Å²) in [4.78, 5) is 12.1. The predicted molar refractivity (Wildman–Crippen MR) is 98.1 cm³/mol. The maximum Gasteiger partial charge on any atom is 0.319 e. The Labute approximate surface area is 148 Å². The molecule has 25 heavy (non-hydrogen) atoms. The van der Waals surface area contributed by atoms with Crippen LogP contribution in [0.3, 0.4) is 0 Å². The molecule has 1 fully saturated rings. The molecule has 6 nitrogen and oxygen atoms in total. The molecule has 2 N–H and O–H groups in total. The summed E-state index contributed by atoms with van der Waals surface area (Å²) in [5.74, 6) is 0. The minimum absolute atomic E-state index is 0.194. The fraction of sp³-hybridized carbons (Fsp3) is 0.474. The number of nitrogens with one attached hydrogen (secondary N) is 2. The first-order chi connectivity index (χ1) is 12.2. The molecule has 1 aromatic heterocycles. The third kappa shape index (κ3) is 4.82. The van der Waals surface area contributed by atoms with Gasteiger partial charge in [-0.05, 0) is 51.2 Å². The Hall–Kier alpha value is -2.34. The predicted octanol–water partition coefficient (Wildman–Crippen LogP) is 3.65. The molecular formula is C19H26N4O2. The number of aromatic nitrogens is 2. The fourth-order valence-electron chi connectivity index (χ4n) is 3.10. The van der Waals surface area contributed by atoms with Gasteiger partial charge in [0.25, 0.3) is 0 Å². The number of carbonyl (C=O) groups is 1. The van der Waals surface area contributed by atoms with Crippen molar-refractivity contribution in [3.05, 3.63) is 42.2 Å². The molecule has 0 bridgehead atoms.